The third-order valence-electron chi connectivity index (χ3n) is 4.47. The summed E-state index contributed by atoms with van der Waals surface area (Å²) in [6, 6.07) is 1.77. The van der Waals surface area contributed by atoms with Crippen molar-refractivity contribution in [2.45, 2.75) is 13.0 Å². The van der Waals surface area contributed by atoms with Crippen molar-refractivity contribution in [1.82, 2.24) is 24.3 Å². The minimum atomic E-state index is -0.331. The van der Waals surface area contributed by atoms with E-state index in [9.17, 15) is 9.59 Å². The van der Waals surface area contributed by atoms with Crippen molar-refractivity contribution in [1.29, 1.82) is 0 Å². The Morgan fingerprint density at radius 2 is 2.13 bits per heavy atom. The summed E-state index contributed by atoms with van der Waals surface area (Å²) in [5.74, 6) is 0.709. The average Bonchev–Trinajstić information content (AvgIpc) is 2.93. The molecule has 0 bridgehead atoms. The van der Waals surface area contributed by atoms with Gasteiger partial charge in [0.15, 0.2) is 0 Å². The van der Waals surface area contributed by atoms with Gasteiger partial charge in [-0.15, -0.1) is 0 Å². The number of H-pyrrole nitrogens is 1. The maximum Gasteiger partial charge on any atom is 0.261 e. The fourth-order valence-corrected chi connectivity index (χ4v) is 3.04. The fraction of sp³-hybridized carbons (Fsp3) is 0.438. The van der Waals surface area contributed by atoms with Gasteiger partial charge in [0.2, 0.25) is 0 Å². The number of piperazine rings is 1. The van der Waals surface area contributed by atoms with Gasteiger partial charge in [-0.2, -0.15) is 0 Å². The molecular formula is C16H21N5O2. The molecule has 1 N–H and O–H groups in total. The predicted molar refractivity (Wildman–Crippen MR) is 86.3 cm³/mol. The molecule has 7 heteroatoms. The number of carbonyl (C=O) groups is 1. The summed E-state index contributed by atoms with van der Waals surface area (Å²) < 4.78 is 1.97. The Morgan fingerprint density at radius 3 is 2.78 bits per heavy atom. The highest BCUT2D eigenvalue weighted by Gasteiger charge is 2.32. The van der Waals surface area contributed by atoms with Crippen LogP contribution in [0.2, 0.25) is 0 Å². The third kappa shape index (κ3) is 2.79. The molecule has 3 heterocycles. The van der Waals surface area contributed by atoms with E-state index in [0.717, 1.165) is 12.4 Å². The van der Waals surface area contributed by atoms with Crippen molar-refractivity contribution in [2.75, 3.05) is 26.7 Å². The van der Waals surface area contributed by atoms with Gasteiger partial charge in [0.1, 0.15) is 11.4 Å². The van der Waals surface area contributed by atoms with Crippen molar-refractivity contribution in [2.24, 2.45) is 7.05 Å². The van der Waals surface area contributed by atoms with Gasteiger partial charge in [-0.3, -0.25) is 14.5 Å². The van der Waals surface area contributed by atoms with Crippen LogP contribution in [0, 0.1) is 6.92 Å². The van der Waals surface area contributed by atoms with E-state index in [1.165, 1.54) is 0 Å². The van der Waals surface area contributed by atoms with Gasteiger partial charge in [-0.1, -0.05) is 0 Å². The lowest BCUT2D eigenvalue weighted by Crippen LogP contribution is -2.50. The zero-order valence-electron chi connectivity index (χ0n) is 13.6. The first-order valence-electron chi connectivity index (χ1n) is 7.64. The molecule has 1 saturated heterocycles. The number of carbonyl (C=O) groups excluding carboxylic acids is 1. The Bertz CT molecular complexity index is 779. The molecular weight excluding hydrogens is 294 g/mol. The van der Waals surface area contributed by atoms with E-state index in [4.69, 9.17) is 0 Å². The number of hydrogen-bond acceptors (Lipinski definition) is 4. The molecule has 0 radical (unpaired) electrons. The summed E-state index contributed by atoms with van der Waals surface area (Å²) in [6.45, 7) is 3.65. The number of imidazole rings is 1. The molecule has 23 heavy (non-hydrogen) atoms. The lowest BCUT2D eigenvalue weighted by atomic mass is 10.1. The monoisotopic (exact) mass is 315 g/mol. The van der Waals surface area contributed by atoms with Crippen LogP contribution in [-0.2, 0) is 7.05 Å². The number of rotatable bonds is 2. The molecule has 1 aliphatic rings. The van der Waals surface area contributed by atoms with Crippen molar-refractivity contribution < 1.29 is 4.79 Å². The minimum Gasteiger partial charge on any atom is -0.337 e. The number of amides is 1. The summed E-state index contributed by atoms with van der Waals surface area (Å²) in [5.41, 5.74) is 0.601. The first-order chi connectivity index (χ1) is 11.0. The summed E-state index contributed by atoms with van der Waals surface area (Å²) >= 11 is 0. The number of nitrogens with one attached hydrogen (secondary N) is 1. The van der Waals surface area contributed by atoms with Gasteiger partial charge in [0.25, 0.3) is 11.5 Å². The largest absolute Gasteiger partial charge is 0.337 e. The zero-order chi connectivity index (χ0) is 16.6. The number of nitrogens with zero attached hydrogens (tertiary/aromatic N) is 4. The van der Waals surface area contributed by atoms with Crippen LogP contribution in [0.25, 0.3) is 0 Å². The minimum absolute atomic E-state index is 0.0239. The number of pyridine rings is 1. The van der Waals surface area contributed by atoms with Crippen molar-refractivity contribution in [3.63, 3.8) is 0 Å². The van der Waals surface area contributed by atoms with Gasteiger partial charge >= 0.3 is 0 Å². The topological polar surface area (TPSA) is 74.2 Å². The average molecular weight is 315 g/mol. The van der Waals surface area contributed by atoms with Gasteiger partial charge < -0.3 is 14.5 Å². The van der Waals surface area contributed by atoms with Crippen molar-refractivity contribution in [3.05, 3.63) is 52.0 Å². The number of aromatic nitrogens is 3. The van der Waals surface area contributed by atoms with Crippen LogP contribution >= 0.6 is 0 Å². The van der Waals surface area contributed by atoms with Crippen molar-refractivity contribution in [3.8, 4) is 0 Å². The third-order valence-corrected chi connectivity index (χ3v) is 4.47. The molecule has 3 rings (SSSR count). The summed E-state index contributed by atoms with van der Waals surface area (Å²) in [6.07, 6.45) is 5.22. The second kappa shape index (κ2) is 6.00. The van der Waals surface area contributed by atoms with E-state index >= 15 is 0 Å². The Balaban J connectivity index is 1.88. The second-order valence-corrected chi connectivity index (χ2v) is 6.01. The highest BCUT2D eigenvalue weighted by Crippen LogP contribution is 2.23. The SMILES string of the molecule is Cc1cc[nH]c(=O)c1C(=O)N1CCN(C)C(c2nccn2C)C1. The van der Waals surface area contributed by atoms with Crippen LogP contribution in [-0.4, -0.2) is 56.9 Å². The van der Waals surface area contributed by atoms with Gasteiger partial charge in [0.05, 0.1) is 6.04 Å². The molecule has 0 aliphatic carbocycles. The number of aromatic amines is 1. The lowest BCUT2D eigenvalue weighted by molar-refractivity contribution is 0.0526. The highest BCUT2D eigenvalue weighted by atomic mass is 16.2. The Hall–Kier alpha value is -2.41. The number of likely N-dealkylation sites (N-methyl/N-ethyl adjacent to an activating group) is 1. The van der Waals surface area contributed by atoms with Crippen LogP contribution < -0.4 is 5.56 Å². The first-order valence-corrected chi connectivity index (χ1v) is 7.64. The predicted octanol–water partition coefficient (Wildman–Crippen LogP) is 0.546. The molecule has 7 nitrogen and oxygen atoms in total. The number of aryl methyl sites for hydroxylation is 2. The second-order valence-electron chi connectivity index (χ2n) is 6.01. The van der Waals surface area contributed by atoms with E-state index in [0.29, 0.717) is 18.7 Å². The lowest BCUT2D eigenvalue weighted by Gasteiger charge is -2.39. The Kier molecular flexibility index (Phi) is 4.04. The molecule has 1 atom stereocenters. The molecule has 1 amide bonds. The number of hydrogen-bond donors (Lipinski definition) is 1. The highest BCUT2D eigenvalue weighted by molar-refractivity contribution is 5.95. The molecule has 2 aromatic heterocycles. The fourth-order valence-electron chi connectivity index (χ4n) is 3.04. The molecule has 1 fully saturated rings. The molecule has 122 valence electrons. The Morgan fingerprint density at radius 1 is 1.35 bits per heavy atom. The van der Waals surface area contributed by atoms with E-state index < -0.39 is 0 Å². The van der Waals surface area contributed by atoms with Crippen LogP contribution in [0.4, 0.5) is 0 Å². The zero-order valence-corrected chi connectivity index (χ0v) is 13.6. The summed E-state index contributed by atoms with van der Waals surface area (Å²) in [4.78, 5) is 35.8. The first kappa shape index (κ1) is 15.5. The quantitative estimate of drug-likeness (QED) is 0.878. The maximum atomic E-state index is 12.8. The van der Waals surface area contributed by atoms with E-state index in [1.54, 1.807) is 30.3 Å². The molecule has 2 aromatic rings. The smallest absolute Gasteiger partial charge is 0.261 e. The standard InChI is InChI=1S/C16H21N5O2/c1-11-4-5-18-15(22)13(11)16(23)21-9-8-19(2)12(10-21)14-17-6-7-20(14)3/h4-7,12H,8-10H2,1-3H3,(H,18,22). The van der Waals surface area contributed by atoms with E-state index in [1.807, 2.05) is 24.9 Å². The maximum absolute atomic E-state index is 12.8. The van der Waals surface area contributed by atoms with Crippen LogP contribution in [0.15, 0.2) is 29.5 Å². The molecule has 0 aromatic carbocycles. The van der Waals surface area contributed by atoms with Crippen molar-refractivity contribution >= 4 is 5.91 Å². The molecule has 0 saturated carbocycles. The molecule has 1 aliphatic heterocycles. The van der Waals surface area contributed by atoms with E-state index in [-0.39, 0.29) is 23.1 Å². The van der Waals surface area contributed by atoms with Gasteiger partial charge in [0, 0.05) is 45.3 Å². The van der Waals surface area contributed by atoms with Crippen LogP contribution in [0.1, 0.15) is 27.8 Å². The Labute approximate surface area is 134 Å². The molecule has 0 spiro atoms. The molecule has 1 unspecified atom stereocenters. The van der Waals surface area contributed by atoms with Gasteiger partial charge in [-0.25, -0.2) is 4.98 Å². The van der Waals surface area contributed by atoms with Crippen LogP contribution in [0.5, 0.6) is 0 Å². The summed E-state index contributed by atoms with van der Waals surface area (Å²) in [7, 11) is 3.98. The summed E-state index contributed by atoms with van der Waals surface area (Å²) in [5, 5.41) is 0. The van der Waals surface area contributed by atoms with Gasteiger partial charge in [-0.05, 0) is 25.6 Å². The normalized spacial score (nSPS) is 19.1. The van der Waals surface area contributed by atoms with Crippen LogP contribution in [0.3, 0.4) is 0 Å². The van der Waals surface area contributed by atoms with E-state index in [2.05, 4.69) is 14.9 Å².